The van der Waals surface area contributed by atoms with Crippen molar-refractivity contribution in [3.05, 3.63) is 12.7 Å². The smallest absolute Gasteiger partial charge is 0.190 e. The fraction of sp³-hybridized carbons (Fsp3) is 0.846. The highest BCUT2D eigenvalue weighted by molar-refractivity contribution is 5.11. The molecule has 2 rings (SSSR count). The summed E-state index contributed by atoms with van der Waals surface area (Å²) in [4.78, 5) is 0. The third-order valence-corrected chi connectivity index (χ3v) is 3.73. The normalized spacial score (nSPS) is 43.7. The zero-order valence-corrected chi connectivity index (χ0v) is 11.4. The summed E-state index contributed by atoms with van der Waals surface area (Å²) in [6.45, 7) is 9.22. The van der Waals surface area contributed by atoms with Crippen molar-refractivity contribution in [2.75, 3.05) is 7.11 Å². The van der Waals surface area contributed by atoms with Gasteiger partial charge in [-0.1, -0.05) is 13.0 Å². The Bertz CT molecular complexity index is 329. The van der Waals surface area contributed by atoms with Crippen LogP contribution in [0.1, 0.15) is 27.2 Å². The van der Waals surface area contributed by atoms with Crippen LogP contribution in [0.3, 0.4) is 0 Å². The molecule has 0 aromatic heterocycles. The minimum atomic E-state index is -0.859. The molecule has 5 heteroatoms. The Hall–Kier alpha value is -0.460. The molecular formula is C13H22O5. The Morgan fingerprint density at radius 2 is 2.06 bits per heavy atom. The second-order valence-corrected chi connectivity index (χ2v) is 5.23. The van der Waals surface area contributed by atoms with Gasteiger partial charge in [0.05, 0.1) is 0 Å². The van der Waals surface area contributed by atoms with Gasteiger partial charge in [0, 0.05) is 7.11 Å². The largest absolute Gasteiger partial charge is 0.386 e. The summed E-state index contributed by atoms with van der Waals surface area (Å²) in [7, 11) is 1.59. The van der Waals surface area contributed by atoms with Crippen LogP contribution < -0.4 is 0 Å². The molecular weight excluding hydrogens is 236 g/mol. The molecule has 2 fully saturated rings. The van der Waals surface area contributed by atoms with Crippen LogP contribution in [-0.4, -0.2) is 48.2 Å². The Labute approximate surface area is 108 Å². The summed E-state index contributed by atoms with van der Waals surface area (Å²) in [6.07, 6.45) is -0.0183. The Balaban J connectivity index is 2.29. The average molecular weight is 258 g/mol. The van der Waals surface area contributed by atoms with Gasteiger partial charge < -0.3 is 24.1 Å². The molecule has 104 valence electrons. The Kier molecular flexibility index (Phi) is 3.55. The van der Waals surface area contributed by atoms with Crippen molar-refractivity contribution < 1.29 is 24.1 Å². The number of hydrogen-bond donors (Lipinski definition) is 1. The SMILES string of the molecule is C=C[C@@H](O)[C@]1(CC)O[C@@H]2OC(C)(C)O[C@@H]2[C@@H]1OC. The van der Waals surface area contributed by atoms with Gasteiger partial charge in [0.2, 0.25) is 0 Å². The first-order valence-electron chi connectivity index (χ1n) is 6.27. The van der Waals surface area contributed by atoms with E-state index in [1.54, 1.807) is 7.11 Å². The van der Waals surface area contributed by atoms with E-state index >= 15 is 0 Å². The Morgan fingerprint density at radius 3 is 2.56 bits per heavy atom. The number of fused-ring (bicyclic) bond motifs is 1. The molecule has 0 radical (unpaired) electrons. The van der Waals surface area contributed by atoms with Crippen LogP contribution in [0, 0.1) is 0 Å². The zero-order valence-electron chi connectivity index (χ0n) is 11.4. The molecule has 1 N–H and O–H groups in total. The first kappa shape index (κ1) is 14.0. The van der Waals surface area contributed by atoms with Gasteiger partial charge in [-0.25, -0.2) is 0 Å². The number of aliphatic hydroxyl groups excluding tert-OH is 1. The van der Waals surface area contributed by atoms with Gasteiger partial charge >= 0.3 is 0 Å². The maximum atomic E-state index is 10.2. The molecule has 2 aliphatic rings. The van der Waals surface area contributed by atoms with Gasteiger partial charge in [-0.2, -0.15) is 0 Å². The van der Waals surface area contributed by atoms with Gasteiger partial charge in [-0.05, 0) is 20.3 Å². The minimum Gasteiger partial charge on any atom is -0.386 e. The van der Waals surface area contributed by atoms with Crippen molar-refractivity contribution in [1.29, 1.82) is 0 Å². The summed E-state index contributed by atoms with van der Waals surface area (Å²) >= 11 is 0. The van der Waals surface area contributed by atoms with Crippen molar-refractivity contribution in [1.82, 2.24) is 0 Å². The maximum Gasteiger partial charge on any atom is 0.190 e. The van der Waals surface area contributed by atoms with Crippen LogP contribution in [-0.2, 0) is 18.9 Å². The summed E-state index contributed by atoms with van der Waals surface area (Å²) in [5.41, 5.74) is -0.859. The molecule has 0 aliphatic carbocycles. The van der Waals surface area contributed by atoms with E-state index in [9.17, 15) is 5.11 Å². The summed E-state index contributed by atoms with van der Waals surface area (Å²) in [5, 5.41) is 10.2. The second-order valence-electron chi connectivity index (χ2n) is 5.23. The zero-order chi connectivity index (χ0) is 13.6. The average Bonchev–Trinajstić information content (AvgIpc) is 2.76. The number of aliphatic hydroxyl groups is 1. The number of hydrogen-bond acceptors (Lipinski definition) is 5. The van der Waals surface area contributed by atoms with Crippen molar-refractivity contribution >= 4 is 0 Å². The van der Waals surface area contributed by atoms with Gasteiger partial charge in [0.15, 0.2) is 12.1 Å². The standard InChI is InChI=1S/C13H22O5/c1-6-8(14)13(7-2)10(15-5)9-11(18-13)17-12(3,4)16-9/h6,8-11,14H,1,7H2,2-5H3/t8-,9-,10+,11+,13+/m1/s1. The highest BCUT2D eigenvalue weighted by Crippen LogP contribution is 2.46. The van der Waals surface area contributed by atoms with Crippen LogP contribution in [0.25, 0.3) is 0 Å². The topological polar surface area (TPSA) is 57.2 Å². The fourth-order valence-corrected chi connectivity index (χ4v) is 2.88. The molecule has 18 heavy (non-hydrogen) atoms. The van der Waals surface area contributed by atoms with E-state index in [0.717, 1.165) is 0 Å². The van der Waals surface area contributed by atoms with Gasteiger partial charge in [0.1, 0.15) is 23.9 Å². The van der Waals surface area contributed by atoms with Crippen LogP contribution in [0.4, 0.5) is 0 Å². The van der Waals surface area contributed by atoms with E-state index in [1.807, 2.05) is 20.8 Å². The molecule has 0 saturated carbocycles. The molecule has 5 nitrogen and oxygen atoms in total. The molecule has 0 aromatic rings. The molecule has 0 amide bonds. The molecule has 2 aliphatic heterocycles. The number of ether oxygens (including phenoxy) is 4. The molecule has 0 aromatic carbocycles. The lowest BCUT2D eigenvalue weighted by Gasteiger charge is -2.37. The summed E-state index contributed by atoms with van der Waals surface area (Å²) in [6, 6.07) is 0. The van der Waals surface area contributed by atoms with E-state index in [1.165, 1.54) is 6.08 Å². The van der Waals surface area contributed by atoms with E-state index < -0.39 is 23.8 Å². The second kappa shape index (κ2) is 4.58. The highest BCUT2D eigenvalue weighted by Gasteiger charge is 2.63. The predicted molar refractivity (Wildman–Crippen MR) is 64.9 cm³/mol. The first-order chi connectivity index (χ1) is 8.40. The van der Waals surface area contributed by atoms with Gasteiger partial charge in [-0.3, -0.25) is 0 Å². The molecule has 2 saturated heterocycles. The van der Waals surface area contributed by atoms with Crippen molar-refractivity contribution in [2.24, 2.45) is 0 Å². The highest BCUT2D eigenvalue weighted by atomic mass is 16.8. The van der Waals surface area contributed by atoms with Crippen LogP contribution in [0.15, 0.2) is 12.7 Å². The molecule has 2 heterocycles. The number of methoxy groups -OCH3 is 1. The summed E-state index contributed by atoms with van der Waals surface area (Å²) in [5.74, 6) is -0.689. The lowest BCUT2D eigenvalue weighted by Crippen LogP contribution is -2.53. The van der Waals surface area contributed by atoms with Crippen molar-refractivity contribution in [2.45, 2.75) is 63.2 Å². The molecule has 0 spiro atoms. The van der Waals surface area contributed by atoms with Gasteiger partial charge in [0.25, 0.3) is 0 Å². The van der Waals surface area contributed by atoms with Crippen LogP contribution >= 0.6 is 0 Å². The minimum absolute atomic E-state index is 0.334. The van der Waals surface area contributed by atoms with E-state index in [2.05, 4.69) is 6.58 Å². The quantitative estimate of drug-likeness (QED) is 0.768. The van der Waals surface area contributed by atoms with E-state index in [-0.39, 0.29) is 12.2 Å². The monoisotopic (exact) mass is 258 g/mol. The summed E-state index contributed by atoms with van der Waals surface area (Å²) < 4.78 is 22.9. The molecule has 5 atom stereocenters. The van der Waals surface area contributed by atoms with E-state index in [4.69, 9.17) is 18.9 Å². The van der Waals surface area contributed by atoms with Crippen molar-refractivity contribution in [3.63, 3.8) is 0 Å². The lowest BCUT2D eigenvalue weighted by molar-refractivity contribution is -0.256. The lowest BCUT2D eigenvalue weighted by atomic mass is 9.86. The van der Waals surface area contributed by atoms with Crippen LogP contribution in [0.5, 0.6) is 0 Å². The van der Waals surface area contributed by atoms with Gasteiger partial charge in [-0.15, -0.1) is 6.58 Å². The third kappa shape index (κ3) is 1.90. The van der Waals surface area contributed by atoms with E-state index in [0.29, 0.717) is 6.42 Å². The fourth-order valence-electron chi connectivity index (χ4n) is 2.88. The Morgan fingerprint density at radius 1 is 1.39 bits per heavy atom. The maximum absolute atomic E-state index is 10.2. The third-order valence-electron chi connectivity index (χ3n) is 3.73. The molecule has 0 bridgehead atoms. The van der Waals surface area contributed by atoms with Crippen molar-refractivity contribution in [3.8, 4) is 0 Å². The van der Waals surface area contributed by atoms with Crippen LogP contribution in [0.2, 0.25) is 0 Å². The number of rotatable bonds is 4. The first-order valence-corrected chi connectivity index (χ1v) is 6.27. The predicted octanol–water partition coefficient (Wildman–Crippen LogP) is 1.20. The molecule has 0 unspecified atom stereocenters.